The molecule has 2 rings (SSSR count). The van der Waals surface area contributed by atoms with E-state index in [4.69, 9.17) is 10.8 Å². The van der Waals surface area contributed by atoms with Crippen molar-refractivity contribution in [1.29, 1.82) is 0 Å². The number of nitrogens with two attached hydrogens (primary N) is 1. The van der Waals surface area contributed by atoms with E-state index in [1.807, 2.05) is 24.3 Å². The van der Waals surface area contributed by atoms with E-state index in [9.17, 15) is 29.1 Å². The van der Waals surface area contributed by atoms with E-state index in [1.165, 1.54) is 13.8 Å². The van der Waals surface area contributed by atoms with Gasteiger partial charge in [-0.15, -0.1) is 0 Å². The number of aliphatic carboxylic acids is 2. The molecule has 0 aliphatic rings. The van der Waals surface area contributed by atoms with Crippen LogP contribution in [-0.4, -0.2) is 69.0 Å². The van der Waals surface area contributed by atoms with Crippen molar-refractivity contribution >= 4 is 40.6 Å². The molecule has 0 saturated carbocycles. The average molecular weight is 461 g/mol. The van der Waals surface area contributed by atoms with Crippen LogP contribution in [0, 0.1) is 0 Å². The molecular formula is C21H27N5O7. The Morgan fingerprint density at radius 1 is 0.939 bits per heavy atom. The van der Waals surface area contributed by atoms with Gasteiger partial charge in [-0.1, -0.05) is 18.2 Å². The Balaban J connectivity index is 2.04. The fourth-order valence-corrected chi connectivity index (χ4v) is 3.08. The Morgan fingerprint density at radius 3 is 2.18 bits per heavy atom. The molecule has 1 heterocycles. The van der Waals surface area contributed by atoms with Crippen LogP contribution in [0.25, 0.3) is 10.9 Å². The molecule has 3 amide bonds. The SMILES string of the molecule is CC(N)C(=O)NC(CC(=O)O)C(=O)NC(C)C(=O)NC(Cc1c[nH]c2ccccc12)C(=O)O. The molecule has 0 radical (unpaired) electrons. The van der Waals surface area contributed by atoms with Crippen molar-refractivity contribution in [2.45, 2.75) is 50.9 Å². The molecule has 4 unspecified atom stereocenters. The zero-order valence-corrected chi connectivity index (χ0v) is 18.1. The zero-order valence-electron chi connectivity index (χ0n) is 18.1. The molecule has 0 saturated heterocycles. The summed E-state index contributed by atoms with van der Waals surface area (Å²) in [5.74, 6) is -5.05. The maximum atomic E-state index is 12.5. The number of fused-ring (bicyclic) bond motifs is 1. The first-order chi connectivity index (χ1) is 15.5. The number of aromatic amines is 1. The molecule has 8 N–H and O–H groups in total. The fraction of sp³-hybridized carbons (Fsp3) is 0.381. The molecule has 2 aromatic rings. The first-order valence-corrected chi connectivity index (χ1v) is 10.2. The van der Waals surface area contributed by atoms with Crippen LogP contribution >= 0.6 is 0 Å². The summed E-state index contributed by atoms with van der Waals surface area (Å²) in [4.78, 5) is 62.5. The number of H-pyrrole nitrogens is 1. The van der Waals surface area contributed by atoms with Crippen molar-refractivity contribution in [3.8, 4) is 0 Å². The lowest BCUT2D eigenvalue weighted by molar-refractivity contribution is -0.143. The van der Waals surface area contributed by atoms with E-state index in [-0.39, 0.29) is 6.42 Å². The van der Waals surface area contributed by atoms with Crippen molar-refractivity contribution in [1.82, 2.24) is 20.9 Å². The Hall–Kier alpha value is -3.93. The lowest BCUT2D eigenvalue weighted by Gasteiger charge is -2.22. The smallest absolute Gasteiger partial charge is 0.326 e. The van der Waals surface area contributed by atoms with E-state index < -0.39 is 60.2 Å². The lowest BCUT2D eigenvalue weighted by atomic mass is 10.0. The zero-order chi connectivity index (χ0) is 24.7. The predicted octanol–water partition coefficient (Wildman–Crippen LogP) is -0.909. The summed E-state index contributed by atoms with van der Waals surface area (Å²) in [6.07, 6.45) is 0.935. The van der Waals surface area contributed by atoms with Crippen molar-refractivity contribution in [3.63, 3.8) is 0 Å². The molecule has 0 fully saturated rings. The Labute approximate surface area is 188 Å². The topological polar surface area (TPSA) is 204 Å². The lowest BCUT2D eigenvalue weighted by Crippen LogP contribution is -2.56. The molecular weight excluding hydrogens is 434 g/mol. The number of carboxylic acid groups (broad SMARTS) is 2. The van der Waals surface area contributed by atoms with Gasteiger partial charge in [0.15, 0.2) is 0 Å². The van der Waals surface area contributed by atoms with Gasteiger partial charge in [0.05, 0.1) is 12.5 Å². The number of nitrogens with one attached hydrogen (secondary N) is 4. The molecule has 1 aromatic heterocycles. The number of carbonyl (C=O) groups excluding carboxylic acids is 3. The average Bonchev–Trinajstić information content (AvgIpc) is 3.14. The van der Waals surface area contributed by atoms with Crippen molar-refractivity contribution in [2.75, 3.05) is 0 Å². The number of amides is 3. The largest absolute Gasteiger partial charge is 0.481 e. The normalized spacial score (nSPS) is 14.5. The summed E-state index contributed by atoms with van der Waals surface area (Å²) in [6, 6.07) is 2.38. The third-order valence-corrected chi connectivity index (χ3v) is 4.89. The molecule has 0 spiro atoms. The molecule has 12 heteroatoms. The molecule has 4 atom stereocenters. The number of aromatic nitrogens is 1. The van der Waals surface area contributed by atoms with Gasteiger partial charge in [0.1, 0.15) is 18.1 Å². The highest BCUT2D eigenvalue weighted by Crippen LogP contribution is 2.19. The quantitative estimate of drug-likeness (QED) is 0.223. The van der Waals surface area contributed by atoms with E-state index in [0.717, 1.165) is 10.9 Å². The summed E-state index contributed by atoms with van der Waals surface area (Å²) in [7, 11) is 0. The van der Waals surface area contributed by atoms with Crippen molar-refractivity contribution < 1.29 is 34.2 Å². The van der Waals surface area contributed by atoms with Gasteiger partial charge in [0.2, 0.25) is 17.7 Å². The van der Waals surface area contributed by atoms with Crippen LogP contribution in [0.5, 0.6) is 0 Å². The van der Waals surface area contributed by atoms with Crippen LogP contribution in [0.4, 0.5) is 0 Å². The van der Waals surface area contributed by atoms with Gasteiger partial charge >= 0.3 is 11.9 Å². The van der Waals surface area contributed by atoms with E-state index in [1.54, 1.807) is 6.20 Å². The number of hydrogen-bond acceptors (Lipinski definition) is 6. The minimum atomic E-state index is -1.46. The fourth-order valence-electron chi connectivity index (χ4n) is 3.08. The number of carboxylic acids is 2. The minimum absolute atomic E-state index is 0.00214. The van der Waals surface area contributed by atoms with E-state index in [0.29, 0.717) is 5.56 Å². The van der Waals surface area contributed by atoms with E-state index in [2.05, 4.69) is 20.9 Å². The van der Waals surface area contributed by atoms with Gasteiger partial charge in [-0.05, 0) is 25.5 Å². The van der Waals surface area contributed by atoms with E-state index >= 15 is 0 Å². The Bertz CT molecular complexity index is 1050. The first kappa shape index (κ1) is 25.3. The molecule has 0 bridgehead atoms. The maximum absolute atomic E-state index is 12.5. The number of rotatable bonds is 11. The Morgan fingerprint density at radius 2 is 1.58 bits per heavy atom. The van der Waals surface area contributed by atoms with Gasteiger partial charge in [-0.2, -0.15) is 0 Å². The van der Waals surface area contributed by atoms with Crippen LogP contribution < -0.4 is 21.7 Å². The second-order valence-corrected chi connectivity index (χ2v) is 7.64. The molecule has 33 heavy (non-hydrogen) atoms. The van der Waals surface area contributed by atoms with Gasteiger partial charge in [-0.3, -0.25) is 19.2 Å². The highest BCUT2D eigenvalue weighted by molar-refractivity contribution is 5.95. The second kappa shape index (κ2) is 11.1. The van der Waals surface area contributed by atoms with Crippen LogP contribution in [0.3, 0.4) is 0 Å². The van der Waals surface area contributed by atoms with Gasteiger partial charge in [0, 0.05) is 23.5 Å². The first-order valence-electron chi connectivity index (χ1n) is 10.2. The summed E-state index contributed by atoms with van der Waals surface area (Å²) in [5.41, 5.74) is 6.94. The summed E-state index contributed by atoms with van der Waals surface area (Å²) >= 11 is 0. The highest BCUT2D eigenvalue weighted by atomic mass is 16.4. The molecule has 0 aliphatic carbocycles. The van der Waals surface area contributed by atoms with Gasteiger partial charge in [0.25, 0.3) is 0 Å². The molecule has 1 aromatic carbocycles. The minimum Gasteiger partial charge on any atom is -0.481 e. The van der Waals surface area contributed by atoms with Gasteiger partial charge in [-0.25, -0.2) is 4.79 Å². The third kappa shape index (κ3) is 7.04. The van der Waals surface area contributed by atoms with Crippen LogP contribution in [-0.2, 0) is 30.4 Å². The molecule has 0 aliphatic heterocycles. The summed E-state index contributed by atoms with van der Waals surface area (Å²) < 4.78 is 0. The van der Waals surface area contributed by atoms with Crippen molar-refractivity contribution in [3.05, 3.63) is 36.0 Å². The van der Waals surface area contributed by atoms with Crippen LogP contribution in [0.2, 0.25) is 0 Å². The monoisotopic (exact) mass is 461 g/mol. The van der Waals surface area contributed by atoms with Crippen molar-refractivity contribution in [2.24, 2.45) is 5.73 Å². The highest BCUT2D eigenvalue weighted by Gasteiger charge is 2.29. The predicted molar refractivity (Wildman–Crippen MR) is 117 cm³/mol. The third-order valence-electron chi connectivity index (χ3n) is 4.89. The summed E-state index contributed by atoms with van der Waals surface area (Å²) in [6.45, 7) is 2.67. The van der Waals surface area contributed by atoms with Crippen LogP contribution in [0.15, 0.2) is 30.5 Å². The van der Waals surface area contributed by atoms with Crippen LogP contribution in [0.1, 0.15) is 25.8 Å². The number of carbonyl (C=O) groups is 5. The number of para-hydroxylation sites is 1. The number of benzene rings is 1. The number of hydrogen-bond donors (Lipinski definition) is 7. The van der Waals surface area contributed by atoms with Gasteiger partial charge < -0.3 is 36.9 Å². The second-order valence-electron chi connectivity index (χ2n) is 7.64. The molecule has 12 nitrogen and oxygen atoms in total. The standard InChI is InChI=1S/C21H27N5O7/c1-10(22)18(29)25-15(8-17(27)28)20(31)24-11(2)19(30)26-16(21(32)33)7-12-9-23-14-6-4-3-5-13(12)14/h3-6,9-11,15-16,23H,7-8,22H2,1-2H3,(H,24,31)(H,25,29)(H,26,30)(H,27,28)(H,32,33). The Kier molecular flexibility index (Phi) is 8.51. The molecule has 178 valence electrons. The summed E-state index contributed by atoms with van der Waals surface area (Å²) in [5, 5.41) is 26.3. The maximum Gasteiger partial charge on any atom is 0.326 e.